The highest BCUT2D eigenvalue weighted by Crippen LogP contribution is 2.28. The van der Waals surface area contributed by atoms with Crippen LogP contribution in [0.1, 0.15) is 42.2 Å². The Balaban J connectivity index is 1.73. The van der Waals surface area contributed by atoms with Gasteiger partial charge in [0.05, 0.1) is 18.2 Å². The number of halogens is 2. The van der Waals surface area contributed by atoms with Crippen LogP contribution in [-0.4, -0.2) is 47.0 Å². The molecule has 0 aliphatic carbocycles. The molecule has 10 heteroatoms. The van der Waals surface area contributed by atoms with Crippen molar-refractivity contribution in [3.63, 3.8) is 0 Å². The number of amides is 1. The van der Waals surface area contributed by atoms with Crippen molar-refractivity contribution in [3.05, 3.63) is 76.1 Å². The Morgan fingerprint density at radius 1 is 1.25 bits per heavy atom. The smallest absolute Gasteiger partial charge is 0.272 e. The molecule has 1 aliphatic rings. The van der Waals surface area contributed by atoms with Crippen LogP contribution in [0.5, 0.6) is 5.75 Å². The summed E-state index contributed by atoms with van der Waals surface area (Å²) >= 11 is 0. The summed E-state index contributed by atoms with van der Waals surface area (Å²) in [6, 6.07) is 12.7. The van der Waals surface area contributed by atoms with Gasteiger partial charge in [0.1, 0.15) is 23.6 Å². The van der Waals surface area contributed by atoms with E-state index in [9.17, 15) is 23.5 Å². The molecule has 3 aromatic rings. The van der Waals surface area contributed by atoms with E-state index in [1.807, 2.05) is 0 Å². The molecule has 0 radical (unpaired) electrons. The maximum absolute atomic E-state index is 13.4. The van der Waals surface area contributed by atoms with Crippen molar-refractivity contribution in [1.82, 2.24) is 9.78 Å². The highest BCUT2D eigenvalue weighted by Gasteiger charge is 2.25. The number of nitrogens with zero attached hydrogens (tertiary/aromatic N) is 2. The van der Waals surface area contributed by atoms with Gasteiger partial charge in [-0.2, -0.15) is 5.10 Å². The van der Waals surface area contributed by atoms with Gasteiger partial charge in [-0.25, -0.2) is 8.78 Å². The van der Waals surface area contributed by atoms with E-state index in [1.165, 1.54) is 23.0 Å². The van der Waals surface area contributed by atoms with E-state index < -0.39 is 30.0 Å². The molecule has 4 rings (SSSR count). The van der Waals surface area contributed by atoms with Gasteiger partial charge in [-0.05, 0) is 50.1 Å². The zero-order valence-electron chi connectivity index (χ0n) is 19.9. The molecular weight excluding hydrogens is 472 g/mol. The van der Waals surface area contributed by atoms with E-state index in [2.05, 4.69) is 10.4 Å². The number of alkyl halides is 2. The summed E-state index contributed by atoms with van der Waals surface area (Å²) in [6.07, 6.45) is -0.676. The average Bonchev–Trinajstić information content (AvgIpc) is 3.38. The van der Waals surface area contributed by atoms with E-state index in [0.29, 0.717) is 30.9 Å². The molecule has 1 aliphatic heterocycles. The van der Waals surface area contributed by atoms with Crippen LogP contribution in [0.15, 0.2) is 59.5 Å². The van der Waals surface area contributed by atoms with Crippen LogP contribution >= 0.6 is 0 Å². The Bertz CT molecular complexity index is 1280. The molecule has 1 aromatic heterocycles. The van der Waals surface area contributed by atoms with Crippen LogP contribution < -0.4 is 15.5 Å². The van der Waals surface area contributed by atoms with Gasteiger partial charge in [-0.1, -0.05) is 24.3 Å². The van der Waals surface area contributed by atoms with E-state index in [0.717, 1.165) is 0 Å². The lowest BCUT2D eigenvalue weighted by Gasteiger charge is -2.18. The largest absolute Gasteiger partial charge is 0.487 e. The lowest BCUT2D eigenvalue weighted by atomic mass is 9.98. The van der Waals surface area contributed by atoms with Gasteiger partial charge in [-0.3, -0.25) is 14.3 Å². The van der Waals surface area contributed by atoms with Crippen molar-refractivity contribution in [2.75, 3.05) is 25.1 Å². The number of rotatable bonds is 8. The molecule has 1 fully saturated rings. The van der Waals surface area contributed by atoms with Crippen LogP contribution in [0.4, 0.5) is 14.5 Å². The number of aliphatic hydroxyl groups is 1. The molecule has 1 amide bonds. The minimum absolute atomic E-state index is 0.0661. The molecular formula is C26H27F2N3O5. The Morgan fingerprint density at radius 2 is 1.97 bits per heavy atom. The maximum Gasteiger partial charge on any atom is 0.272 e. The second-order valence-corrected chi connectivity index (χ2v) is 9.01. The molecule has 190 valence electrons. The number of hydrogen-bond donors (Lipinski definition) is 2. The topological polar surface area (TPSA) is 103 Å². The monoisotopic (exact) mass is 499 g/mol. The van der Waals surface area contributed by atoms with Crippen molar-refractivity contribution in [1.29, 1.82) is 0 Å². The highest BCUT2D eigenvalue weighted by molar-refractivity contribution is 6.04. The number of aromatic nitrogens is 2. The second kappa shape index (κ2) is 10.5. The van der Waals surface area contributed by atoms with Gasteiger partial charge >= 0.3 is 0 Å². The summed E-state index contributed by atoms with van der Waals surface area (Å²) in [5.41, 5.74) is -0.653. The Hall–Kier alpha value is -3.63. The van der Waals surface area contributed by atoms with Gasteiger partial charge in [0.15, 0.2) is 0 Å². The molecule has 2 aromatic carbocycles. The minimum Gasteiger partial charge on any atom is -0.487 e. The number of benzene rings is 2. The van der Waals surface area contributed by atoms with Gasteiger partial charge in [0.25, 0.3) is 12.3 Å². The Morgan fingerprint density at radius 3 is 2.61 bits per heavy atom. The number of carbonyl (C=O) groups excluding carboxylic acids is 1. The SMILES string of the molecule is CC(C)(O)c1ccc(NC(=O)c2cn([C@@H]3CCOC3)nc(-c3ccccc3OCC(F)F)c2=O)cc1. The number of anilines is 1. The second-order valence-electron chi connectivity index (χ2n) is 9.01. The minimum atomic E-state index is -2.70. The molecule has 2 N–H and O–H groups in total. The highest BCUT2D eigenvalue weighted by atomic mass is 19.3. The average molecular weight is 500 g/mol. The van der Waals surface area contributed by atoms with E-state index in [1.54, 1.807) is 50.2 Å². The summed E-state index contributed by atoms with van der Waals surface area (Å²) in [5.74, 6) is -0.588. The molecule has 36 heavy (non-hydrogen) atoms. The molecule has 2 heterocycles. The lowest BCUT2D eigenvalue weighted by Crippen LogP contribution is -2.28. The Kier molecular flexibility index (Phi) is 7.46. The van der Waals surface area contributed by atoms with Crippen LogP contribution in [0.2, 0.25) is 0 Å². The van der Waals surface area contributed by atoms with E-state index in [4.69, 9.17) is 9.47 Å². The number of hydrogen-bond acceptors (Lipinski definition) is 6. The van der Waals surface area contributed by atoms with Gasteiger partial charge in [-0.15, -0.1) is 0 Å². The van der Waals surface area contributed by atoms with Crippen molar-refractivity contribution in [2.24, 2.45) is 0 Å². The lowest BCUT2D eigenvalue weighted by molar-refractivity contribution is 0.0786. The standard InChI is InChI=1S/C26H27F2N3O5/c1-26(2,34)16-7-9-17(10-8-16)29-25(33)20-13-31(18-11-12-35-14-18)30-23(24(20)32)19-5-3-4-6-21(19)36-15-22(27)28/h3-10,13,18,22,34H,11-12,14-15H2,1-2H3,(H,29,33)/t18-/m1/s1. The zero-order chi connectivity index (χ0) is 25.9. The first-order valence-electron chi connectivity index (χ1n) is 11.5. The van der Waals surface area contributed by atoms with Crippen LogP contribution in [-0.2, 0) is 10.3 Å². The number of nitrogens with one attached hydrogen (secondary N) is 1. The van der Waals surface area contributed by atoms with Gasteiger partial charge in [0.2, 0.25) is 5.43 Å². The molecule has 8 nitrogen and oxygen atoms in total. The van der Waals surface area contributed by atoms with E-state index >= 15 is 0 Å². The third kappa shape index (κ3) is 5.77. The fraction of sp³-hybridized carbons (Fsp3) is 0.346. The van der Waals surface area contributed by atoms with Crippen LogP contribution in [0.3, 0.4) is 0 Å². The quantitative estimate of drug-likeness (QED) is 0.486. The molecule has 0 bridgehead atoms. The van der Waals surface area contributed by atoms with Gasteiger partial charge in [0, 0.05) is 24.1 Å². The molecule has 0 saturated carbocycles. The predicted octanol–water partition coefficient (Wildman–Crippen LogP) is 4.00. The first kappa shape index (κ1) is 25.5. The summed E-state index contributed by atoms with van der Waals surface area (Å²) in [5, 5.41) is 17.3. The number of para-hydroxylation sites is 1. The zero-order valence-corrected chi connectivity index (χ0v) is 19.9. The Labute approximate surface area is 206 Å². The van der Waals surface area contributed by atoms with Crippen molar-refractivity contribution >= 4 is 11.6 Å². The first-order chi connectivity index (χ1) is 17.1. The van der Waals surface area contributed by atoms with Crippen molar-refractivity contribution < 1.29 is 28.2 Å². The summed E-state index contributed by atoms with van der Waals surface area (Å²) in [4.78, 5) is 26.6. The summed E-state index contributed by atoms with van der Waals surface area (Å²) in [7, 11) is 0. The van der Waals surface area contributed by atoms with E-state index in [-0.39, 0.29) is 28.6 Å². The maximum atomic E-state index is 13.4. The molecule has 0 spiro atoms. The van der Waals surface area contributed by atoms with Crippen LogP contribution in [0.25, 0.3) is 11.3 Å². The van der Waals surface area contributed by atoms with Crippen LogP contribution in [0, 0.1) is 0 Å². The fourth-order valence-electron chi connectivity index (χ4n) is 3.86. The van der Waals surface area contributed by atoms with Crippen molar-refractivity contribution in [3.8, 4) is 17.0 Å². The van der Waals surface area contributed by atoms with Gasteiger partial charge < -0.3 is 19.9 Å². The normalized spacial score (nSPS) is 15.8. The molecule has 1 atom stereocenters. The molecule has 1 saturated heterocycles. The third-order valence-corrected chi connectivity index (χ3v) is 5.82. The predicted molar refractivity (Wildman–Crippen MR) is 130 cm³/mol. The van der Waals surface area contributed by atoms with Crippen molar-refractivity contribution in [2.45, 2.75) is 38.3 Å². The third-order valence-electron chi connectivity index (χ3n) is 5.82. The molecule has 0 unspecified atom stereocenters. The summed E-state index contributed by atoms with van der Waals surface area (Å²) < 4.78 is 37.7. The fourth-order valence-corrected chi connectivity index (χ4v) is 3.86. The first-order valence-corrected chi connectivity index (χ1v) is 11.5. The number of ether oxygens (including phenoxy) is 2. The number of carbonyl (C=O) groups is 1. The summed E-state index contributed by atoms with van der Waals surface area (Å²) in [6.45, 7) is 3.33.